The predicted molar refractivity (Wildman–Crippen MR) is 111 cm³/mol. The molecule has 0 saturated heterocycles. The number of aliphatic hydroxyl groups is 1. The molecule has 29 heavy (non-hydrogen) atoms. The van der Waals surface area contributed by atoms with Gasteiger partial charge in [0.25, 0.3) is 0 Å². The lowest BCUT2D eigenvalue weighted by Gasteiger charge is -2.31. The van der Waals surface area contributed by atoms with Crippen LogP contribution >= 0.6 is 0 Å². The Morgan fingerprint density at radius 2 is 1.90 bits per heavy atom. The number of hydrogen-bond acceptors (Lipinski definition) is 6. The molecule has 0 bridgehead atoms. The number of hydrogen-bond donors (Lipinski definition) is 3. The summed E-state index contributed by atoms with van der Waals surface area (Å²) >= 11 is 0. The first-order chi connectivity index (χ1) is 13.7. The van der Waals surface area contributed by atoms with Crippen LogP contribution in [0.5, 0.6) is 0 Å². The first-order valence-electron chi connectivity index (χ1n) is 9.66. The molecule has 0 saturated carbocycles. The van der Waals surface area contributed by atoms with Crippen molar-refractivity contribution < 1.29 is 23.1 Å². The van der Waals surface area contributed by atoms with E-state index in [0.29, 0.717) is 6.54 Å². The number of carbonyl (C=O) groups excluding carboxylic acids is 1. The van der Waals surface area contributed by atoms with Crippen LogP contribution < -0.4 is 10.0 Å². The number of aliphatic hydroxyl groups excluding tert-OH is 1. The average Bonchev–Trinajstić information content (AvgIpc) is 2.66. The van der Waals surface area contributed by atoms with Crippen LogP contribution in [0.2, 0.25) is 0 Å². The van der Waals surface area contributed by atoms with E-state index in [1.54, 1.807) is 24.3 Å². The van der Waals surface area contributed by atoms with Crippen LogP contribution in [0.1, 0.15) is 18.4 Å². The van der Waals surface area contributed by atoms with E-state index >= 15 is 0 Å². The Bertz CT molecular complexity index is 793. The third-order valence-electron chi connectivity index (χ3n) is 4.58. The molecular weight excluding hydrogens is 394 g/mol. The molecular formula is C20H31N3O5S. The summed E-state index contributed by atoms with van der Waals surface area (Å²) in [4.78, 5) is 14.3. The van der Waals surface area contributed by atoms with Crippen LogP contribution in [0.25, 0.3) is 0 Å². The van der Waals surface area contributed by atoms with E-state index in [-0.39, 0.29) is 23.8 Å². The molecule has 0 radical (unpaired) electrons. The minimum atomic E-state index is -3.76. The SMILES string of the molecule is Cc1ccc(S(=O)(=O)N[C@@H]2C=C[C@H](CC(=O)NCCCN(C)C)O[C@@H]2CO)cc1. The second-order valence-electron chi connectivity index (χ2n) is 7.45. The van der Waals surface area contributed by atoms with Gasteiger partial charge < -0.3 is 20.1 Å². The number of rotatable bonds is 10. The molecule has 9 heteroatoms. The lowest BCUT2D eigenvalue weighted by molar-refractivity contribution is -0.125. The van der Waals surface area contributed by atoms with Gasteiger partial charge in [0.2, 0.25) is 15.9 Å². The van der Waals surface area contributed by atoms with Gasteiger partial charge in [-0.25, -0.2) is 13.1 Å². The molecule has 1 aromatic rings. The summed E-state index contributed by atoms with van der Waals surface area (Å²) in [5.41, 5.74) is 0.959. The average molecular weight is 426 g/mol. The summed E-state index contributed by atoms with van der Waals surface area (Å²) in [6.45, 7) is 2.97. The zero-order valence-electron chi connectivity index (χ0n) is 17.2. The van der Waals surface area contributed by atoms with E-state index in [1.807, 2.05) is 25.9 Å². The maximum Gasteiger partial charge on any atom is 0.241 e. The van der Waals surface area contributed by atoms with Crippen molar-refractivity contribution in [3.63, 3.8) is 0 Å². The van der Waals surface area contributed by atoms with Gasteiger partial charge in [-0.05, 0) is 46.1 Å². The van der Waals surface area contributed by atoms with Crippen LogP contribution in [0, 0.1) is 6.92 Å². The Hall–Kier alpha value is -1.78. The summed E-state index contributed by atoms with van der Waals surface area (Å²) in [7, 11) is 0.189. The van der Waals surface area contributed by atoms with E-state index in [1.165, 1.54) is 12.1 Å². The third kappa shape index (κ3) is 7.52. The van der Waals surface area contributed by atoms with Crippen molar-refractivity contribution in [2.75, 3.05) is 33.8 Å². The van der Waals surface area contributed by atoms with Crippen LogP contribution in [0.4, 0.5) is 0 Å². The van der Waals surface area contributed by atoms with Gasteiger partial charge in [-0.3, -0.25) is 4.79 Å². The topological polar surface area (TPSA) is 108 Å². The summed E-state index contributed by atoms with van der Waals surface area (Å²) < 4.78 is 33.4. The van der Waals surface area contributed by atoms with Crippen molar-refractivity contribution in [2.45, 2.75) is 42.9 Å². The van der Waals surface area contributed by atoms with Crippen molar-refractivity contribution in [1.29, 1.82) is 0 Å². The van der Waals surface area contributed by atoms with E-state index in [4.69, 9.17) is 4.74 Å². The maximum absolute atomic E-state index is 12.6. The molecule has 1 aliphatic rings. The molecule has 0 spiro atoms. The fraction of sp³-hybridized carbons (Fsp3) is 0.550. The summed E-state index contributed by atoms with van der Waals surface area (Å²) in [5.74, 6) is -0.145. The quantitative estimate of drug-likeness (QED) is 0.370. The van der Waals surface area contributed by atoms with Gasteiger partial charge in [0.15, 0.2) is 0 Å². The highest BCUT2D eigenvalue weighted by atomic mass is 32.2. The van der Waals surface area contributed by atoms with Crippen LogP contribution in [-0.4, -0.2) is 76.4 Å². The molecule has 2 rings (SSSR count). The molecule has 1 aromatic carbocycles. The molecule has 0 unspecified atom stereocenters. The molecule has 3 N–H and O–H groups in total. The first-order valence-corrected chi connectivity index (χ1v) is 11.1. The van der Waals surface area contributed by atoms with Gasteiger partial charge in [-0.1, -0.05) is 29.8 Å². The van der Waals surface area contributed by atoms with E-state index in [0.717, 1.165) is 18.5 Å². The van der Waals surface area contributed by atoms with E-state index in [9.17, 15) is 18.3 Å². The molecule has 3 atom stereocenters. The Morgan fingerprint density at radius 3 is 2.52 bits per heavy atom. The maximum atomic E-state index is 12.6. The highest BCUT2D eigenvalue weighted by molar-refractivity contribution is 7.89. The van der Waals surface area contributed by atoms with Gasteiger partial charge in [0.05, 0.1) is 30.1 Å². The van der Waals surface area contributed by atoms with E-state index in [2.05, 4.69) is 10.0 Å². The number of ether oxygens (including phenoxy) is 1. The zero-order valence-corrected chi connectivity index (χ0v) is 18.0. The van der Waals surface area contributed by atoms with Crippen molar-refractivity contribution in [1.82, 2.24) is 14.9 Å². The minimum Gasteiger partial charge on any atom is -0.394 e. The van der Waals surface area contributed by atoms with Gasteiger partial charge in [-0.15, -0.1) is 0 Å². The van der Waals surface area contributed by atoms with Gasteiger partial charge in [0.1, 0.15) is 6.10 Å². The summed E-state index contributed by atoms with van der Waals surface area (Å²) in [6.07, 6.45) is 2.98. The predicted octanol–water partition coefficient (Wildman–Crippen LogP) is 0.416. The molecule has 0 aromatic heterocycles. The molecule has 162 valence electrons. The lowest BCUT2D eigenvalue weighted by atomic mass is 10.1. The van der Waals surface area contributed by atoms with Crippen LogP contribution in [0.15, 0.2) is 41.3 Å². The Labute approximate surface area is 173 Å². The van der Waals surface area contributed by atoms with Gasteiger partial charge >= 0.3 is 0 Å². The second-order valence-corrected chi connectivity index (χ2v) is 9.17. The smallest absolute Gasteiger partial charge is 0.241 e. The molecule has 0 fully saturated rings. The standard InChI is InChI=1S/C20H31N3O5S/c1-15-5-8-17(9-6-15)29(26,27)22-18-10-7-16(28-19(18)14-24)13-20(25)21-11-4-12-23(2)3/h5-10,16,18-19,22,24H,4,11-14H2,1-3H3,(H,21,25)/t16-,18-,19-/m1/s1. The normalized spacial score (nSPS) is 22.0. The lowest BCUT2D eigenvalue weighted by Crippen LogP contribution is -2.49. The fourth-order valence-electron chi connectivity index (χ4n) is 2.95. The van der Waals surface area contributed by atoms with Crippen LogP contribution in [0.3, 0.4) is 0 Å². The van der Waals surface area contributed by atoms with E-state index < -0.39 is 28.3 Å². The summed E-state index contributed by atoms with van der Waals surface area (Å²) in [5, 5.41) is 12.5. The highest BCUT2D eigenvalue weighted by Gasteiger charge is 2.31. The number of sulfonamides is 1. The number of nitrogens with zero attached hydrogens (tertiary/aromatic N) is 1. The third-order valence-corrected chi connectivity index (χ3v) is 6.05. The van der Waals surface area contributed by atoms with Crippen molar-refractivity contribution in [2.24, 2.45) is 0 Å². The zero-order chi connectivity index (χ0) is 21.4. The van der Waals surface area contributed by atoms with Crippen molar-refractivity contribution >= 4 is 15.9 Å². The van der Waals surface area contributed by atoms with Crippen molar-refractivity contribution in [3.8, 4) is 0 Å². The molecule has 1 amide bonds. The Morgan fingerprint density at radius 1 is 1.21 bits per heavy atom. The second kappa shape index (κ2) is 10.8. The molecule has 8 nitrogen and oxygen atoms in total. The van der Waals surface area contributed by atoms with Gasteiger partial charge in [-0.2, -0.15) is 0 Å². The number of benzene rings is 1. The Balaban J connectivity index is 1.92. The van der Waals surface area contributed by atoms with Gasteiger partial charge in [0, 0.05) is 6.54 Å². The number of amides is 1. The molecule has 0 aliphatic carbocycles. The molecule has 1 aliphatic heterocycles. The molecule has 1 heterocycles. The number of aryl methyl sites for hydroxylation is 1. The first kappa shape index (κ1) is 23.5. The summed E-state index contributed by atoms with van der Waals surface area (Å²) in [6, 6.07) is 5.78. The highest BCUT2D eigenvalue weighted by Crippen LogP contribution is 2.18. The fourth-order valence-corrected chi connectivity index (χ4v) is 4.17. The van der Waals surface area contributed by atoms with Crippen LogP contribution in [-0.2, 0) is 19.6 Å². The van der Waals surface area contributed by atoms with Crippen molar-refractivity contribution in [3.05, 3.63) is 42.0 Å². The largest absolute Gasteiger partial charge is 0.394 e. The number of nitrogens with one attached hydrogen (secondary N) is 2. The Kier molecular flexibility index (Phi) is 8.79. The minimum absolute atomic E-state index is 0.117. The number of carbonyl (C=O) groups is 1. The monoisotopic (exact) mass is 425 g/mol.